The van der Waals surface area contributed by atoms with Crippen LogP contribution in [0.15, 0.2) is 42.5 Å². The normalized spacial score (nSPS) is 12.3. The van der Waals surface area contributed by atoms with Gasteiger partial charge in [-0.3, -0.25) is 0 Å². The molecule has 0 aliphatic carbocycles. The summed E-state index contributed by atoms with van der Waals surface area (Å²) in [5.41, 5.74) is 1.31. The molecule has 28 heavy (non-hydrogen) atoms. The molecule has 0 heterocycles. The first-order chi connectivity index (χ1) is 13.1. The van der Waals surface area contributed by atoms with Crippen molar-refractivity contribution in [1.82, 2.24) is 4.90 Å². The van der Waals surface area contributed by atoms with Gasteiger partial charge >= 0.3 is 16.1 Å². The van der Waals surface area contributed by atoms with E-state index in [9.17, 15) is 13.2 Å². The summed E-state index contributed by atoms with van der Waals surface area (Å²) in [6, 6.07) is 11.1. The summed E-state index contributed by atoms with van der Waals surface area (Å²) in [6.07, 6.45) is 1.74. The van der Waals surface area contributed by atoms with Gasteiger partial charge in [-0.25, -0.2) is 4.79 Å². The standard InChI is InChI=1S/C19H22Cl2N2O4S/c1-4-13(2)23(19(24)22-18-10-7-15(20)11-17(18)21)12-14-5-8-16(9-6-14)27-28(3,25)26/h5-11,13H,4,12H2,1-3H3,(H,22,24). The zero-order valence-corrected chi connectivity index (χ0v) is 18.1. The highest BCUT2D eigenvalue weighted by Crippen LogP contribution is 2.26. The second kappa shape index (κ2) is 9.49. The van der Waals surface area contributed by atoms with Crippen LogP contribution in [0.4, 0.5) is 10.5 Å². The maximum absolute atomic E-state index is 12.8. The molecule has 2 aromatic rings. The molecule has 0 saturated heterocycles. The summed E-state index contributed by atoms with van der Waals surface area (Å²) in [5.74, 6) is 0.221. The van der Waals surface area contributed by atoms with Gasteiger partial charge < -0.3 is 14.4 Å². The summed E-state index contributed by atoms with van der Waals surface area (Å²) in [4.78, 5) is 14.5. The van der Waals surface area contributed by atoms with Crippen molar-refractivity contribution in [2.75, 3.05) is 11.6 Å². The molecule has 1 unspecified atom stereocenters. The number of anilines is 1. The average molecular weight is 445 g/mol. The van der Waals surface area contributed by atoms with Crippen molar-refractivity contribution in [2.45, 2.75) is 32.9 Å². The third-order valence-corrected chi connectivity index (χ3v) is 5.12. The van der Waals surface area contributed by atoms with Gasteiger partial charge in [0, 0.05) is 17.6 Å². The predicted molar refractivity (Wildman–Crippen MR) is 113 cm³/mol. The molecular weight excluding hydrogens is 423 g/mol. The largest absolute Gasteiger partial charge is 0.383 e. The van der Waals surface area contributed by atoms with E-state index in [0.29, 0.717) is 22.3 Å². The van der Waals surface area contributed by atoms with Crippen LogP contribution in [0.3, 0.4) is 0 Å². The first-order valence-corrected chi connectivity index (χ1v) is 11.2. The summed E-state index contributed by atoms with van der Waals surface area (Å²) < 4.78 is 27.2. The number of rotatable bonds is 7. The van der Waals surface area contributed by atoms with Gasteiger partial charge in [0.25, 0.3) is 0 Å². The van der Waals surface area contributed by atoms with Gasteiger partial charge in [-0.15, -0.1) is 0 Å². The fraction of sp³-hybridized carbons (Fsp3) is 0.316. The van der Waals surface area contributed by atoms with Gasteiger partial charge in [-0.05, 0) is 49.2 Å². The van der Waals surface area contributed by atoms with Crippen molar-refractivity contribution >= 4 is 45.0 Å². The van der Waals surface area contributed by atoms with Crippen LogP contribution in [-0.4, -0.2) is 31.6 Å². The number of halogens is 2. The number of benzene rings is 2. The molecule has 6 nitrogen and oxygen atoms in total. The summed E-state index contributed by atoms with van der Waals surface area (Å²) in [7, 11) is -3.58. The van der Waals surface area contributed by atoms with Gasteiger partial charge in [0.1, 0.15) is 5.75 Å². The smallest absolute Gasteiger partial charge is 0.322 e. The fourth-order valence-corrected chi connectivity index (χ4v) is 3.36. The topological polar surface area (TPSA) is 75.7 Å². The zero-order chi connectivity index (χ0) is 20.9. The van der Waals surface area contributed by atoms with Crippen molar-refractivity contribution in [3.8, 4) is 5.75 Å². The Hall–Kier alpha value is -1.96. The van der Waals surface area contributed by atoms with Crippen LogP contribution >= 0.6 is 23.2 Å². The first-order valence-electron chi connectivity index (χ1n) is 8.60. The number of amides is 2. The van der Waals surface area contributed by atoms with E-state index in [4.69, 9.17) is 27.4 Å². The molecule has 0 saturated carbocycles. The molecule has 2 amide bonds. The molecule has 0 aromatic heterocycles. The molecule has 0 radical (unpaired) electrons. The Labute approximate surface area is 175 Å². The molecule has 0 bridgehead atoms. The van der Waals surface area contributed by atoms with Gasteiger partial charge in [0.15, 0.2) is 0 Å². The monoisotopic (exact) mass is 444 g/mol. The molecule has 0 fully saturated rings. The van der Waals surface area contributed by atoms with E-state index >= 15 is 0 Å². The van der Waals surface area contributed by atoms with Crippen molar-refractivity contribution in [1.29, 1.82) is 0 Å². The number of nitrogens with zero attached hydrogens (tertiary/aromatic N) is 1. The average Bonchev–Trinajstić information content (AvgIpc) is 2.61. The Morgan fingerprint density at radius 2 is 1.82 bits per heavy atom. The molecule has 0 spiro atoms. The van der Waals surface area contributed by atoms with Crippen LogP contribution < -0.4 is 9.50 Å². The highest BCUT2D eigenvalue weighted by Gasteiger charge is 2.20. The van der Waals surface area contributed by atoms with Crippen LogP contribution in [0.1, 0.15) is 25.8 Å². The highest BCUT2D eigenvalue weighted by molar-refractivity contribution is 7.86. The molecule has 152 valence electrons. The van der Waals surface area contributed by atoms with Crippen LogP contribution in [-0.2, 0) is 16.7 Å². The number of carbonyl (C=O) groups is 1. The van der Waals surface area contributed by atoms with Gasteiger partial charge in [0.05, 0.1) is 17.0 Å². The van der Waals surface area contributed by atoms with E-state index in [0.717, 1.165) is 18.2 Å². The molecule has 1 atom stereocenters. The minimum atomic E-state index is -3.58. The highest BCUT2D eigenvalue weighted by atomic mass is 35.5. The van der Waals surface area contributed by atoms with Crippen molar-refractivity contribution in [3.63, 3.8) is 0 Å². The van der Waals surface area contributed by atoms with E-state index in [2.05, 4.69) is 5.32 Å². The third kappa shape index (κ3) is 6.58. The molecule has 2 aromatic carbocycles. The van der Waals surface area contributed by atoms with E-state index in [-0.39, 0.29) is 17.8 Å². The number of urea groups is 1. The number of hydrogen-bond acceptors (Lipinski definition) is 4. The maximum Gasteiger partial charge on any atom is 0.322 e. The van der Waals surface area contributed by atoms with Crippen LogP contribution in [0.25, 0.3) is 0 Å². The molecular formula is C19H22Cl2N2O4S. The van der Waals surface area contributed by atoms with Gasteiger partial charge in [-0.2, -0.15) is 8.42 Å². The second-order valence-electron chi connectivity index (χ2n) is 6.37. The Kier molecular flexibility index (Phi) is 7.57. The quantitative estimate of drug-likeness (QED) is 0.597. The molecule has 2 rings (SSSR count). The second-order valence-corrected chi connectivity index (χ2v) is 8.79. The Bertz CT molecular complexity index is 933. The molecule has 9 heteroatoms. The predicted octanol–water partition coefficient (Wildman–Crippen LogP) is 5.16. The first kappa shape index (κ1) is 22.3. The third-order valence-electron chi connectivity index (χ3n) is 4.08. The van der Waals surface area contributed by atoms with Crippen LogP contribution in [0.5, 0.6) is 5.75 Å². The molecule has 1 N–H and O–H groups in total. The van der Waals surface area contributed by atoms with Crippen molar-refractivity contribution in [2.24, 2.45) is 0 Å². The number of hydrogen-bond donors (Lipinski definition) is 1. The van der Waals surface area contributed by atoms with Crippen molar-refractivity contribution < 1.29 is 17.4 Å². The Morgan fingerprint density at radius 1 is 1.18 bits per heavy atom. The minimum absolute atomic E-state index is 0.0296. The lowest BCUT2D eigenvalue weighted by molar-refractivity contribution is 0.187. The van der Waals surface area contributed by atoms with Crippen LogP contribution in [0, 0.1) is 0 Å². The minimum Gasteiger partial charge on any atom is -0.383 e. The fourth-order valence-electron chi connectivity index (χ4n) is 2.45. The lowest BCUT2D eigenvalue weighted by Gasteiger charge is -2.29. The van der Waals surface area contributed by atoms with Crippen molar-refractivity contribution in [3.05, 3.63) is 58.1 Å². The maximum atomic E-state index is 12.8. The number of carbonyl (C=O) groups excluding carboxylic acids is 1. The Balaban J connectivity index is 2.15. The number of nitrogens with one attached hydrogen (secondary N) is 1. The Morgan fingerprint density at radius 3 is 2.36 bits per heavy atom. The summed E-state index contributed by atoms with van der Waals surface area (Å²) in [6.45, 7) is 4.28. The van der Waals surface area contributed by atoms with E-state index in [1.807, 2.05) is 13.8 Å². The zero-order valence-electron chi connectivity index (χ0n) is 15.8. The van der Waals surface area contributed by atoms with Crippen LogP contribution in [0.2, 0.25) is 10.0 Å². The lowest BCUT2D eigenvalue weighted by atomic mass is 10.1. The van der Waals surface area contributed by atoms with E-state index in [1.54, 1.807) is 47.4 Å². The SMILES string of the molecule is CCC(C)N(Cc1ccc(OS(C)(=O)=O)cc1)C(=O)Nc1ccc(Cl)cc1Cl. The lowest BCUT2D eigenvalue weighted by Crippen LogP contribution is -2.40. The molecule has 0 aliphatic rings. The summed E-state index contributed by atoms with van der Waals surface area (Å²) >= 11 is 12.0. The molecule has 0 aliphatic heterocycles. The summed E-state index contributed by atoms with van der Waals surface area (Å²) in [5, 5.41) is 3.65. The van der Waals surface area contributed by atoms with Gasteiger partial charge in [0.2, 0.25) is 0 Å². The van der Waals surface area contributed by atoms with E-state index in [1.165, 1.54) is 0 Å². The van der Waals surface area contributed by atoms with E-state index < -0.39 is 10.1 Å². The van der Waals surface area contributed by atoms with Gasteiger partial charge in [-0.1, -0.05) is 42.3 Å².